The predicted octanol–water partition coefficient (Wildman–Crippen LogP) is 0.157. The maximum absolute atomic E-state index is 11.1. The highest BCUT2D eigenvalue weighted by molar-refractivity contribution is 5.71. The number of hydrogen-bond donors (Lipinski definition) is 2. The van der Waals surface area contributed by atoms with Crippen LogP contribution in [0, 0.1) is 0 Å². The van der Waals surface area contributed by atoms with Crippen molar-refractivity contribution in [2.75, 3.05) is 13.7 Å². The van der Waals surface area contributed by atoms with Crippen LogP contribution in [-0.4, -0.2) is 34.7 Å². The van der Waals surface area contributed by atoms with Gasteiger partial charge in [-0.05, 0) is 0 Å². The van der Waals surface area contributed by atoms with E-state index in [4.69, 9.17) is 0 Å². The fourth-order valence-corrected chi connectivity index (χ4v) is 1.86. The predicted molar refractivity (Wildman–Crippen MR) is 55.1 cm³/mol. The van der Waals surface area contributed by atoms with Crippen molar-refractivity contribution in [1.29, 1.82) is 0 Å². The Bertz CT molecular complexity index is 378. The van der Waals surface area contributed by atoms with Gasteiger partial charge < -0.3 is 14.9 Å². The maximum Gasteiger partial charge on any atom is 0.320 e. The average molecular weight is 223 g/mol. The minimum absolute atomic E-state index is 0.145. The molecule has 2 N–H and O–H groups in total. The molecule has 1 aromatic rings. The molecular weight excluding hydrogens is 210 g/mol. The number of carbonyl (C=O) groups is 1. The van der Waals surface area contributed by atoms with Gasteiger partial charge in [-0.25, -0.2) is 4.90 Å². The largest absolute Gasteiger partial charge is 0.468 e. The molecule has 5 heteroatoms. The molecule has 0 spiro atoms. The Morgan fingerprint density at radius 2 is 1.81 bits per heavy atom. The van der Waals surface area contributed by atoms with Crippen LogP contribution >= 0.6 is 0 Å². The first kappa shape index (κ1) is 11.1. The van der Waals surface area contributed by atoms with E-state index in [2.05, 4.69) is 4.74 Å². The normalized spacial score (nSPS) is 24.2. The Labute approximate surface area is 92.9 Å². The lowest BCUT2D eigenvalue weighted by Crippen LogP contribution is -2.32. The molecule has 0 aliphatic carbocycles. The zero-order valence-corrected chi connectivity index (χ0v) is 8.83. The molecule has 2 unspecified atom stereocenters. The van der Waals surface area contributed by atoms with Gasteiger partial charge in [-0.2, -0.15) is 0 Å². The minimum atomic E-state index is -0.967. The molecule has 0 radical (unpaired) electrons. The SMILES string of the molecule is COC(=O)CN1C(O)c2ccccc2C1O. The van der Waals surface area contributed by atoms with Crippen molar-refractivity contribution >= 4 is 5.97 Å². The van der Waals surface area contributed by atoms with E-state index in [0.717, 1.165) is 0 Å². The average Bonchev–Trinajstić information content (AvgIpc) is 2.55. The second kappa shape index (κ2) is 4.21. The molecular formula is C11H13NO4. The van der Waals surface area contributed by atoms with E-state index in [9.17, 15) is 15.0 Å². The van der Waals surface area contributed by atoms with Crippen molar-refractivity contribution in [2.45, 2.75) is 12.5 Å². The topological polar surface area (TPSA) is 70.0 Å². The van der Waals surface area contributed by atoms with E-state index in [-0.39, 0.29) is 6.54 Å². The van der Waals surface area contributed by atoms with Crippen LogP contribution in [0.15, 0.2) is 24.3 Å². The molecule has 0 bridgehead atoms. The number of aliphatic hydroxyl groups excluding tert-OH is 2. The van der Waals surface area contributed by atoms with Crippen LogP contribution in [0.25, 0.3) is 0 Å². The Morgan fingerprint density at radius 3 is 2.25 bits per heavy atom. The van der Waals surface area contributed by atoms with Crippen LogP contribution in [0.4, 0.5) is 0 Å². The number of rotatable bonds is 2. The zero-order valence-electron chi connectivity index (χ0n) is 8.83. The highest BCUT2D eigenvalue weighted by atomic mass is 16.5. The quantitative estimate of drug-likeness (QED) is 0.699. The summed E-state index contributed by atoms with van der Waals surface area (Å²) in [4.78, 5) is 12.4. The zero-order chi connectivity index (χ0) is 11.7. The Kier molecular flexibility index (Phi) is 2.91. The maximum atomic E-state index is 11.1. The van der Waals surface area contributed by atoms with Gasteiger partial charge in [-0.15, -0.1) is 0 Å². The van der Waals surface area contributed by atoms with Crippen molar-refractivity contribution in [3.63, 3.8) is 0 Å². The second-order valence-corrected chi connectivity index (χ2v) is 3.62. The summed E-state index contributed by atoms with van der Waals surface area (Å²) >= 11 is 0. The number of hydrogen-bond acceptors (Lipinski definition) is 5. The van der Waals surface area contributed by atoms with Gasteiger partial charge in [0.15, 0.2) is 0 Å². The van der Waals surface area contributed by atoms with Gasteiger partial charge in [-0.3, -0.25) is 4.79 Å². The van der Waals surface area contributed by atoms with Gasteiger partial charge in [0.1, 0.15) is 19.0 Å². The van der Waals surface area contributed by atoms with Crippen LogP contribution in [0.1, 0.15) is 23.6 Å². The third-order valence-electron chi connectivity index (χ3n) is 2.72. The van der Waals surface area contributed by atoms with Crippen molar-refractivity contribution in [1.82, 2.24) is 4.90 Å². The first-order valence-electron chi connectivity index (χ1n) is 4.92. The van der Waals surface area contributed by atoms with E-state index >= 15 is 0 Å². The molecule has 1 aromatic carbocycles. The summed E-state index contributed by atoms with van der Waals surface area (Å²) in [6, 6.07) is 6.99. The number of carbonyl (C=O) groups excluding carboxylic acids is 1. The number of fused-ring (bicyclic) bond motifs is 1. The Balaban J connectivity index is 2.24. The molecule has 5 nitrogen and oxygen atoms in total. The molecule has 2 atom stereocenters. The van der Waals surface area contributed by atoms with Crippen LogP contribution in [0.5, 0.6) is 0 Å². The summed E-state index contributed by atoms with van der Waals surface area (Å²) in [5.74, 6) is -0.495. The van der Waals surface area contributed by atoms with Crippen molar-refractivity contribution in [3.05, 3.63) is 35.4 Å². The number of esters is 1. The van der Waals surface area contributed by atoms with Crippen LogP contribution < -0.4 is 0 Å². The molecule has 0 fully saturated rings. The summed E-state index contributed by atoms with van der Waals surface area (Å²) in [5.41, 5.74) is 1.25. The van der Waals surface area contributed by atoms with E-state index in [0.29, 0.717) is 11.1 Å². The number of ether oxygens (including phenoxy) is 1. The number of nitrogens with zero attached hydrogens (tertiary/aromatic N) is 1. The fourth-order valence-electron chi connectivity index (χ4n) is 1.86. The lowest BCUT2D eigenvalue weighted by atomic mass is 10.1. The molecule has 1 heterocycles. The second-order valence-electron chi connectivity index (χ2n) is 3.62. The van der Waals surface area contributed by atoms with Gasteiger partial charge in [0.2, 0.25) is 0 Å². The lowest BCUT2D eigenvalue weighted by molar-refractivity contribution is -0.152. The van der Waals surface area contributed by atoms with Crippen LogP contribution in [0.2, 0.25) is 0 Å². The number of benzene rings is 1. The molecule has 1 aliphatic rings. The van der Waals surface area contributed by atoms with Gasteiger partial charge in [0, 0.05) is 11.1 Å². The molecule has 0 amide bonds. The summed E-state index contributed by atoms with van der Waals surface area (Å²) in [6.45, 7) is -0.145. The van der Waals surface area contributed by atoms with Crippen LogP contribution in [-0.2, 0) is 9.53 Å². The Hall–Kier alpha value is -1.43. The number of methoxy groups -OCH3 is 1. The first-order chi connectivity index (χ1) is 7.65. The van der Waals surface area contributed by atoms with E-state index in [1.54, 1.807) is 24.3 Å². The molecule has 16 heavy (non-hydrogen) atoms. The monoisotopic (exact) mass is 223 g/mol. The van der Waals surface area contributed by atoms with Gasteiger partial charge in [0.05, 0.1) is 7.11 Å². The highest BCUT2D eigenvalue weighted by Crippen LogP contribution is 2.38. The van der Waals surface area contributed by atoms with Crippen molar-refractivity contribution in [2.24, 2.45) is 0 Å². The van der Waals surface area contributed by atoms with Crippen LogP contribution in [0.3, 0.4) is 0 Å². The van der Waals surface area contributed by atoms with Crippen molar-refractivity contribution in [3.8, 4) is 0 Å². The third-order valence-corrected chi connectivity index (χ3v) is 2.72. The highest BCUT2D eigenvalue weighted by Gasteiger charge is 2.37. The number of aliphatic hydroxyl groups is 2. The Morgan fingerprint density at radius 1 is 1.31 bits per heavy atom. The smallest absolute Gasteiger partial charge is 0.320 e. The molecule has 0 saturated heterocycles. The molecule has 0 saturated carbocycles. The van der Waals surface area contributed by atoms with E-state index in [1.807, 2.05) is 0 Å². The summed E-state index contributed by atoms with van der Waals surface area (Å²) in [5, 5.41) is 19.8. The van der Waals surface area contributed by atoms with E-state index in [1.165, 1.54) is 12.0 Å². The third kappa shape index (κ3) is 1.69. The van der Waals surface area contributed by atoms with Gasteiger partial charge >= 0.3 is 5.97 Å². The standard InChI is InChI=1S/C11H13NO4/c1-16-9(13)6-12-10(14)7-4-2-3-5-8(7)11(12)15/h2-5,10-11,14-15H,6H2,1H3. The molecule has 1 aliphatic heterocycles. The minimum Gasteiger partial charge on any atom is -0.468 e. The first-order valence-corrected chi connectivity index (χ1v) is 4.92. The summed E-state index contributed by atoms with van der Waals surface area (Å²) in [7, 11) is 1.27. The van der Waals surface area contributed by atoms with Crippen molar-refractivity contribution < 1.29 is 19.7 Å². The summed E-state index contributed by atoms with van der Waals surface area (Å²) < 4.78 is 4.50. The molecule has 2 rings (SSSR count). The summed E-state index contributed by atoms with van der Waals surface area (Å²) in [6.07, 6.45) is -1.93. The molecule has 86 valence electrons. The van der Waals surface area contributed by atoms with Gasteiger partial charge in [-0.1, -0.05) is 24.3 Å². The molecule has 0 aromatic heterocycles. The lowest BCUT2D eigenvalue weighted by Gasteiger charge is -2.22. The van der Waals surface area contributed by atoms with E-state index < -0.39 is 18.4 Å². The fraction of sp³-hybridized carbons (Fsp3) is 0.364. The van der Waals surface area contributed by atoms with Gasteiger partial charge in [0.25, 0.3) is 0 Å².